The first-order valence-electron chi connectivity index (χ1n) is 8.91. The van der Waals surface area contributed by atoms with Crippen LogP contribution < -0.4 is 4.74 Å². The number of esters is 1. The highest BCUT2D eigenvalue weighted by atomic mass is 35.5. The second-order valence-electron chi connectivity index (χ2n) is 6.63. The molecular formula is C21H18ClN3O3. The zero-order valence-electron chi connectivity index (χ0n) is 15.2. The third-order valence-electron chi connectivity index (χ3n) is 4.68. The van der Waals surface area contributed by atoms with Crippen LogP contribution in [-0.2, 0) is 17.8 Å². The molecule has 0 aliphatic carbocycles. The molecule has 1 amide bonds. The molecule has 0 radical (unpaired) electrons. The molecule has 142 valence electrons. The summed E-state index contributed by atoms with van der Waals surface area (Å²) in [6.45, 7) is 2.38. The molecule has 0 saturated carbocycles. The van der Waals surface area contributed by atoms with Gasteiger partial charge < -0.3 is 9.64 Å². The molecule has 2 aromatic carbocycles. The zero-order chi connectivity index (χ0) is 19.7. The fraction of sp³-hybridized carbons (Fsp3) is 0.190. The van der Waals surface area contributed by atoms with Crippen molar-refractivity contribution in [3.8, 4) is 17.0 Å². The van der Waals surface area contributed by atoms with Gasteiger partial charge in [0.15, 0.2) is 0 Å². The van der Waals surface area contributed by atoms with E-state index in [4.69, 9.17) is 16.3 Å². The number of nitrogens with zero attached hydrogens (tertiary/aromatic N) is 2. The quantitative estimate of drug-likeness (QED) is 0.539. The van der Waals surface area contributed by atoms with Gasteiger partial charge in [0.1, 0.15) is 5.75 Å². The summed E-state index contributed by atoms with van der Waals surface area (Å²) < 4.78 is 5.09. The minimum Gasteiger partial charge on any atom is -0.427 e. The Labute approximate surface area is 167 Å². The molecule has 0 atom stereocenters. The van der Waals surface area contributed by atoms with Crippen LogP contribution in [-0.4, -0.2) is 33.5 Å². The van der Waals surface area contributed by atoms with E-state index in [0.717, 1.165) is 22.5 Å². The minimum atomic E-state index is -0.418. The molecule has 0 bridgehead atoms. The lowest BCUT2D eigenvalue weighted by atomic mass is 10.0. The molecule has 3 aromatic rings. The highest BCUT2D eigenvalue weighted by Gasteiger charge is 2.26. The minimum absolute atomic E-state index is 0.108. The van der Waals surface area contributed by atoms with E-state index in [0.29, 0.717) is 35.8 Å². The number of hydrogen-bond donors (Lipinski definition) is 1. The summed E-state index contributed by atoms with van der Waals surface area (Å²) in [4.78, 5) is 25.9. The van der Waals surface area contributed by atoms with Crippen molar-refractivity contribution in [2.45, 2.75) is 19.9 Å². The molecule has 1 aliphatic heterocycles. The van der Waals surface area contributed by atoms with Crippen molar-refractivity contribution in [3.05, 3.63) is 70.4 Å². The molecule has 0 spiro atoms. The van der Waals surface area contributed by atoms with Crippen molar-refractivity contribution in [2.75, 3.05) is 6.54 Å². The smallest absolute Gasteiger partial charge is 0.308 e. The van der Waals surface area contributed by atoms with Crippen molar-refractivity contribution in [1.82, 2.24) is 15.1 Å². The van der Waals surface area contributed by atoms with Gasteiger partial charge in [0.05, 0.1) is 5.69 Å². The Kier molecular flexibility index (Phi) is 4.88. The average molecular weight is 396 g/mol. The Morgan fingerprint density at radius 1 is 1.18 bits per heavy atom. The normalized spacial score (nSPS) is 13.1. The summed E-state index contributed by atoms with van der Waals surface area (Å²) in [6, 6.07) is 14.2. The van der Waals surface area contributed by atoms with Crippen LogP contribution in [0.3, 0.4) is 0 Å². The van der Waals surface area contributed by atoms with Gasteiger partial charge in [-0.25, -0.2) is 0 Å². The first kappa shape index (κ1) is 18.3. The van der Waals surface area contributed by atoms with Gasteiger partial charge in [-0.15, -0.1) is 0 Å². The first-order valence-corrected chi connectivity index (χ1v) is 9.29. The molecule has 7 heteroatoms. The number of hydrogen-bond acceptors (Lipinski definition) is 4. The molecule has 1 aromatic heterocycles. The number of aromatic nitrogens is 2. The van der Waals surface area contributed by atoms with Gasteiger partial charge in [0, 0.05) is 53.8 Å². The molecule has 4 rings (SSSR count). The number of carbonyl (C=O) groups is 2. The van der Waals surface area contributed by atoms with Gasteiger partial charge in [-0.05, 0) is 30.3 Å². The summed E-state index contributed by atoms with van der Waals surface area (Å²) in [7, 11) is 0. The summed E-state index contributed by atoms with van der Waals surface area (Å²) in [5.41, 5.74) is 4.32. The third kappa shape index (κ3) is 3.64. The molecule has 0 saturated heterocycles. The number of H-pyrrole nitrogens is 1. The Morgan fingerprint density at radius 3 is 2.71 bits per heavy atom. The van der Waals surface area contributed by atoms with E-state index in [9.17, 15) is 9.59 Å². The number of benzene rings is 2. The van der Waals surface area contributed by atoms with Crippen LogP contribution in [0.5, 0.6) is 5.75 Å². The van der Waals surface area contributed by atoms with Gasteiger partial charge in [-0.1, -0.05) is 29.8 Å². The van der Waals surface area contributed by atoms with Crippen molar-refractivity contribution >= 4 is 23.5 Å². The standard InChI is InChI=1S/C21H18ClN3O3/c1-13(26)28-17-4-2-3-15(11-17)21(27)25-10-9-19-18(12-25)20(24-23-19)14-5-7-16(22)8-6-14/h2-8,11H,9-10,12H2,1H3,(H,23,24). The molecule has 1 N–H and O–H groups in total. The topological polar surface area (TPSA) is 75.3 Å². The first-order chi connectivity index (χ1) is 13.5. The summed E-state index contributed by atoms with van der Waals surface area (Å²) in [6.07, 6.45) is 0.700. The summed E-state index contributed by atoms with van der Waals surface area (Å²) >= 11 is 5.98. The number of rotatable bonds is 3. The van der Waals surface area contributed by atoms with Crippen LogP contribution in [0.15, 0.2) is 48.5 Å². The number of amides is 1. The molecule has 0 unspecified atom stereocenters. The number of ether oxygens (including phenoxy) is 1. The maximum absolute atomic E-state index is 13.0. The Morgan fingerprint density at radius 2 is 1.96 bits per heavy atom. The number of halogens is 1. The van der Waals surface area contributed by atoms with Crippen LogP contribution in [0.2, 0.25) is 5.02 Å². The summed E-state index contributed by atoms with van der Waals surface area (Å²) in [5.74, 6) is -0.165. The van der Waals surface area contributed by atoms with E-state index in [1.165, 1.54) is 6.92 Å². The predicted octanol–water partition coefficient (Wildman–Crippen LogP) is 3.85. The molecule has 2 heterocycles. The van der Waals surface area contributed by atoms with Crippen LogP contribution in [0.25, 0.3) is 11.3 Å². The second-order valence-corrected chi connectivity index (χ2v) is 7.07. The Hall–Kier alpha value is -3.12. The Balaban J connectivity index is 1.58. The van der Waals surface area contributed by atoms with Crippen molar-refractivity contribution in [1.29, 1.82) is 0 Å². The van der Waals surface area contributed by atoms with Gasteiger partial charge >= 0.3 is 5.97 Å². The van der Waals surface area contributed by atoms with E-state index >= 15 is 0 Å². The van der Waals surface area contributed by atoms with Crippen LogP contribution in [0, 0.1) is 0 Å². The average Bonchev–Trinajstić information content (AvgIpc) is 3.11. The zero-order valence-corrected chi connectivity index (χ0v) is 16.0. The number of nitrogens with one attached hydrogen (secondary N) is 1. The number of carbonyl (C=O) groups excluding carboxylic acids is 2. The third-order valence-corrected chi connectivity index (χ3v) is 4.93. The van der Waals surface area contributed by atoms with E-state index in [-0.39, 0.29) is 5.91 Å². The van der Waals surface area contributed by atoms with Gasteiger partial charge in [-0.3, -0.25) is 14.7 Å². The predicted molar refractivity (Wildman–Crippen MR) is 105 cm³/mol. The Bertz CT molecular complexity index is 1040. The van der Waals surface area contributed by atoms with Crippen molar-refractivity contribution < 1.29 is 14.3 Å². The SMILES string of the molecule is CC(=O)Oc1cccc(C(=O)N2CCc3[nH]nc(-c4ccc(Cl)cc4)c3C2)c1. The molecular weight excluding hydrogens is 378 g/mol. The largest absolute Gasteiger partial charge is 0.427 e. The van der Waals surface area contributed by atoms with Crippen LogP contribution in [0.1, 0.15) is 28.5 Å². The van der Waals surface area contributed by atoms with Crippen molar-refractivity contribution in [2.24, 2.45) is 0 Å². The van der Waals surface area contributed by atoms with Crippen LogP contribution in [0.4, 0.5) is 0 Å². The van der Waals surface area contributed by atoms with Gasteiger partial charge in [-0.2, -0.15) is 5.10 Å². The monoisotopic (exact) mass is 395 g/mol. The maximum Gasteiger partial charge on any atom is 0.308 e. The summed E-state index contributed by atoms with van der Waals surface area (Å²) in [5, 5.41) is 8.20. The van der Waals surface area contributed by atoms with E-state index < -0.39 is 5.97 Å². The lowest BCUT2D eigenvalue weighted by molar-refractivity contribution is -0.131. The van der Waals surface area contributed by atoms with E-state index in [1.54, 1.807) is 29.2 Å². The van der Waals surface area contributed by atoms with Gasteiger partial charge in [0.2, 0.25) is 0 Å². The fourth-order valence-electron chi connectivity index (χ4n) is 3.36. The fourth-order valence-corrected chi connectivity index (χ4v) is 3.48. The lowest BCUT2D eigenvalue weighted by Gasteiger charge is -2.27. The van der Waals surface area contributed by atoms with E-state index in [2.05, 4.69) is 10.2 Å². The van der Waals surface area contributed by atoms with Crippen LogP contribution >= 0.6 is 11.6 Å². The molecule has 28 heavy (non-hydrogen) atoms. The number of aromatic amines is 1. The molecule has 0 fully saturated rings. The van der Waals surface area contributed by atoms with Crippen molar-refractivity contribution in [3.63, 3.8) is 0 Å². The lowest BCUT2D eigenvalue weighted by Crippen LogP contribution is -2.35. The molecule has 1 aliphatic rings. The maximum atomic E-state index is 13.0. The van der Waals surface area contributed by atoms with Gasteiger partial charge in [0.25, 0.3) is 5.91 Å². The number of fused-ring (bicyclic) bond motifs is 1. The highest BCUT2D eigenvalue weighted by Crippen LogP contribution is 2.30. The van der Waals surface area contributed by atoms with E-state index in [1.807, 2.05) is 24.3 Å². The highest BCUT2D eigenvalue weighted by molar-refractivity contribution is 6.30. The second kappa shape index (κ2) is 7.48. The molecule has 6 nitrogen and oxygen atoms in total.